The van der Waals surface area contributed by atoms with Gasteiger partial charge in [0, 0.05) is 0 Å². The van der Waals surface area contributed by atoms with Gasteiger partial charge in [0.25, 0.3) is 0 Å². The molecule has 3 N–H and O–H groups in total. The van der Waals surface area contributed by atoms with E-state index in [2.05, 4.69) is 0 Å². The molecule has 190 valence electrons. The van der Waals surface area contributed by atoms with Crippen molar-refractivity contribution in [3.63, 3.8) is 0 Å². The molecule has 0 amide bonds. The van der Waals surface area contributed by atoms with Crippen molar-refractivity contribution in [3.05, 3.63) is 0 Å². The van der Waals surface area contributed by atoms with Crippen LogP contribution < -0.4 is 0 Å². The second-order valence-corrected chi connectivity index (χ2v) is 8.69. The van der Waals surface area contributed by atoms with Crippen LogP contribution in [0.1, 0.15) is 66.2 Å². The fourth-order valence-corrected chi connectivity index (χ4v) is 3.22. The SMILES string of the molecule is CC(CCCOC(=O)CC(O)(C(C)C)C(F)(F)F)CCC(C)C(O)(CC(=O)O)C(F)(F)F. The Kier molecular flexibility index (Phi) is 11.0. The van der Waals surface area contributed by atoms with Gasteiger partial charge in [-0.3, -0.25) is 9.59 Å². The largest absolute Gasteiger partial charge is 0.481 e. The lowest BCUT2D eigenvalue weighted by Gasteiger charge is -2.35. The Bertz CT molecular complexity index is 621. The summed E-state index contributed by atoms with van der Waals surface area (Å²) in [6.45, 7) is 4.83. The molecule has 0 aliphatic rings. The molecule has 4 unspecified atom stereocenters. The molecule has 12 heteroatoms. The normalized spacial score (nSPS) is 18.5. The Hall–Kier alpha value is -1.56. The van der Waals surface area contributed by atoms with Crippen molar-refractivity contribution in [2.45, 2.75) is 89.8 Å². The van der Waals surface area contributed by atoms with Crippen LogP contribution in [-0.4, -0.2) is 57.4 Å². The zero-order chi connectivity index (χ0) is 25.5. The first-order valence-corrected chi connectivity index (χ1v) is 10.2. The van der Waals surface area contributed by atoms with Gasteiger partial charge >= 0.3 is 24.3 Å². The number of rotatable bonds is 13. The fourth-order valence-electron chi connectivity index (χ4n) is 3.22. The molecule has 0 saturated carbocycles. The first-order valence-electron chi connectivity index (χ1n) is 10.2. The van der Waals surface area contributed by atoms with Crippen molar-refractivity contribution in [1.82, 2.24) is 0 Å². The molecule has 6 nitrogen and oxygen atoms in total. The summed E-state index contributed by atoms with van der Waals surface area (Å²) in [5.41, 5.74) is -6.57. The minimum Gasteiger partial charge on any atom is -0.481 e. The van der Waals surface area contributed by atoms with Crippen molar-refractivity contribution < 1.29 is 56.0 Å². The van der Waals surface area contributed by atoms with Crippen molar-refractivity contribution in [2.24, 2.45) is 17.8 Å². The molecule has 0 aromatic heterocycles. The number of aliphatic hydroxyl groups is 2. The van der Waals surface area contributed by atoms with E-state index in [-0.39, 0.29) is 31.8 Å². The number of esters is 1. The maximum atomic E-state index is 13.2. The zero-order valence-corrected chi connectivity index (χ0v) is 18.5. The van der Waals surface area contributed by atoms with E-state index in [0.29, 0.717) is 6.42 Å². The zero-order valence-electron chi connectivity index (χ0n) is 18.5. The number of carboxylic acid groups (broad SMARTS) is 1. The van der Waals surface area contributed by atoms with Crippen LogP contribution in [0.5, 0.6) is 0 Å². The standard InChI is InChI=1S/C20H32F6O6/c1-12(2)17(30,19(21,22)23)11-16(29)32-9-5-6-13(3)7-8-14(4)18(31,10-15(27)28)20(24,25)26/h12-14,30-31H,5-11H2,1-4H3,(H,27,28). The number of halogens is 6. The third-order valence-electron chi connectivity index (χ3n) is 5.78. The summed E-state index contributed by atoms with van der Waals surface area (Å²) in [6, 6.07) is 0. The first-order chi connectivity index (χ1) is 14.3. The van der Waals surface area contributed by atoms with Gasteiger partial charge in [0.2, 0.25) is 0 Å². The van der Waals surface area contributed by atoms with E-state index >= 15 is 0 Å². The molecular formula is C20H32F6O6. The summed E-state index contributed by atoms with van der Waals surface area (Å²) in [5.74, 6) is -5.82. The number of aliphatic carboxylic acids is 1. The average molecular weight is 482 g/mol. The minimum atomic E-state index is -5.11. The van der Waals surface area contributed by atoms with E-state index in [9.17, 15) is 46.1 Å². The number of carbonyl (C=O) groups is 2. The molecule has 4 atom stereocenters. The highest BCUT2D eigenvalue weighted by Crippen LogP contribution is 2.41. The summed E-state index contributed by atoms with van der Waals surface area (Å²) >= 11 is 0. The van der Waals surface area contributed by atoms with E-state index in [1.165, 1.54) is 0 Å². The predicted molar refractivity (Wildman–Crippen MR) is 101 cm³/mol. The van der Waals surface area contributed by atoms with Crippen molar-refractivity contribution >= 4 is 11.9 Å². The molecule has 0 rings (SSSR count). The van der Waals surface area contributed by atoms with Crippen LogP contribution in [-0.2, 0) is 14.3 Å². The highest BCUT2D eigenvalue weighted by atomic mass is 19.4. The lowest BCUT2D eigenvalue weighted by Crippen LogP contribution is -2.52. The summed E-state index contributed by atoms with van der Waals surface area (Å²) in [7, 11) is 0. The van der Waals surface area contributed by atoms with Gasteiger partial charge in [-0.25, -0.2) is 0 Å². The highest BCUT2D eigenvalue weighted by molar-refractivity contribution is 5.71. The lowest BCUT2D eigenvalue weighted by atomic mass is 9.80. The van der Waals surface area contributed by atoms with Crippen LogP contribution in [0.4, 0.5) is 26.3 Å². The molecule has 0 saturated heterocycles. The quantitative estimate of drug-likeness (QED) is 0.203. The van der Waals surface area contributed by atoms with Gasteiger partial charge < -0.3 is 20.1 Å². The fraction of sp³-hybridized carbons (Fsp3) is 0.900. The molecule has 0 fully saturated rings. The molecular weight excluding hydrogens is 450 g/mol. The third kappa shape index (κ3) is 8.42. The van der Waals surface area contributed by atoms with E-state index in [0.717, 1.165) is 20.8 Å². The van der Waals surface area contributed by atoms with Crippen LogP contribution in [0.2, 0.25) is 0 Å². The number of carbonyl (C=O) groups excluding carboxylic acids is 1. The second-order valence-electron chi connectivity index (χ2n) is 8.69. The number of carboxylic acids is 1. The molecule has 0 aromatic rings. The molecule has 32 heavy (non-hydrogen) atoms. The van der Waals surface area contributed by atoms with Gasteiger partial charge in [0.15, 0.2) is 11.2 Å². The Balaban J connectivity index is 4.56. The van der Waals surface area contributed by atoms with Crippen molar-refractivity contribution in [1.29, 1.82) is 0 Å². The van der Waals surface area contributed by atoms with Crippen LogP contribution in [0.15, 0.2) is 0 Å². The molecule has 0 heterocycles. The van der Waals surface area contributed by atoms with Crippen LogP contribution >= 0.6 is 0 Å². The van der Waals surface area contributed by atoms with Gasteiger partial charge in [0.1, 0.15) is 0 Å². The van der Waals surface area contributed by atoms with Crippen LogP contribution in [0.3, 0.4) is 0 Å². The summed E-state index contributed by atoms with van der Waals surface area (Å²) in [4.78, 5) is 22.4. The molecule has 0 aliphatic carbocycles. The van der Waals surface area contributed by atoms with Gasteiger partial charge in [0.05, 0.1) is 19.4 Å². The summed E-state index contributed by atoms with van der Waals surface area (Å²) in [5, 5.41) is 28.4. The number of hydrogen-bond donors (Lipinski definition) is 3. The highest BCUT2D eigenvalue weighted by Gasteiger charge is 2.58. The molecule has 0 aromatic carbocycles. The number of alkyl halides is 6. The number of ether oxygens (including phenoxy) is 1. The van der Waals surface area contributed by atoms with E-state index in [1.54, 1.807) is 6.92 Å². The van der Waals surface area contributed by atoms with Crippen LogP contribution in [0, 0.1) is 17.8 Å². The third-order valence-corrected chi connectivity index (χ3v) is 5.78. The Morgan fingerprint density at radius 2 is 1.31 bits per heavy atom. The maximum absolute atomic E-state index is 13.2. The van der Waals surface area contributed by atoms with Crippen molar-refractivity contribution in [3.8, 4) is 0 Å². The Morgan fingerprint density at radius 3 is 1.72 bits per heavy atom. The molecule has 0 bridgehead atoms. The molecule has 0 radical (unpaired) electrons. The second kappa shape index (κ2) is 11.5. The Labute approximate surface area is 182 Å². The minimum absolute atomic E-state index is 0.114. The topological polar surface area (TPSA) is 104 Å². The van der Waals surface area contributed by atoms with Gasteiger partial charge in [-0.2, -0.15) is 26.3 Å². The van der Waals surface area contributed by atoms with Gasteiger partial charge in [-0.15, -0.1) is 0 Å². The van der Waals surface area contributed by atoms with E-state index in [1.807, 2.05) is 0 Å². The van der Waals surface area contributed by atoms with Gasteiger partial charge in [-0.1, -0.05) is 34.1 Å². The first kappa shape index (κ1) is 30.4. The smallest absolute Gasteiger partial charge is 0.418 e. The van der Waals surface area contributed by atoms with Crippen molar-refractivity contribution in [2.75, 3.05) is 6.61 Å². The number of hydrogen-bond acceptors (Lipinski definition) is 5. The van der Waals surface area contributed by atoms with E-state index in [4.69, 9.17) is 9.84 Å². The lowest BCUT2D eigenvalue weighted by molar-refractivity contribution is -0.280. The molecule has 0 spiro atoms. The summed E-state index contributed by atoms with van der Waals surface area (Å²) < 4.78 is 83.2. The summed E-state index contributed by atoms with van der Waals surface area (Å²) in [6.07, 6.45) is -12.1. The molecule has 0 aliphatic heterocycles. The van der Waals surface area contributed by atoms with Gasteiger partial charge in [-0.05, 0) is 37.0 Å². The Morgan fingerprint density at radius 1 is 0.812 bits per heavy atom. The predicted octanol–water partition coefficient (Wildman–Crippen LogP) is 4.47. The monoisotopic (exact) mass is 482 g/mol. The maximum Gasteiger partial charge on any atom is 0.418 e. The average Bonchev–Trinajstić information content (AvgIpc) is 2.60. The van der Waals surface area contributed by atoms with E-state index < -0.39 is 60.2 Å². The van der Waals surface area contributed by atoms with Crippen LogP contribution in [0.25, 0.3) is 0 Å².